The number of hydrogen-bond acceptors (Lipinski definition) is 3. The summed E-state index contributed by atoms with van der Waals surface area (Å²) in [5.41, 5.74) is -0.619. The number of anilines is 1. The standard InChI is InChI=1S/C14H17F4N3/c1-20-5-2-3-8-7-21(6-4-9(8)20)12-10(15)13(17)19-14(18)11(12)16/h8-9H,2-7H2,1H3. The van der Waals surface area contributed by atoms with Gasteiger partial charge in [0.25, 0.3) is 11.9 Å². The van der Waals surface area contributed by atoms with Crippen LogP contribution in [0, 0.1) is 29.4 Å². The molecule has 2 saturated heterocycles. The van der Waals surface area contributed by atoms with E-state index in [9.17, 15) is 17.6 Å². The van der Waals surface area contributed by atoms with E-state index < -0.39 is 29.2 Å². The highest BCUT2D eigenvalue weighted by molar-refractivity contribution is 5.49. The minimum Gasteiger partial charge on any atom is -0.366 e. The molecule has 2 atom stereocenters. The molecule has 3 rings (SSSR count). The molecule has 0 bridgehead atoms. The van der Waals surface area contributed by atoms with Gasteiger partial charge in [-0.15, -0.1) is 0 Å². The van der Waals surface area contributed by atoms with Gasteiger partial charge in [-0.25, -0.2) is 0 Å². The first-order chi connectivity index (χ1) is 9.99. The van der Waals surface area contributed by atoms with Gasteiger partial charge in [0.15, 0.2) is 0 Å². The van der Waals surface area contributed by atoms with E-state index in [-0.39, 0.29) is 5.92 Å². The van der Waals surface area contributed by atoms with Crippen molar-refractivity contribution in [3.63, 3.8) is 0 Å². The number of piperidine rings is 2. The summed E-state index contributed by atoms with van der Waals surface area (Å²) in [6, 6.07) is 0.373. The molecule has 0 amide bonds. The number of hydrogen-bond donors (Lipinski definition) is 0. The third kappa shape index (κ3) is 2.47. The molecule has 1 aromatic rings. The molecule has 2 unspecified atom stereocenters. The fourth-order valence-corrected chi connectivity index (χ4v) is 3.61. The smallest absolute Gasteiger partial charge is 0.253 e. The van der Waals surface area contributed by atoms with Crippen molar-refractivity contribution >= 4 is 5.69 Å². The molecular weight excluding hydrogens is 286 g/mol. The Morgan fingerprint density at radius 3 is 2.33 bits per heavy atom. The molecule has 2 fully saturated rings. The Morgan fingerprint density at radius 2 is 1.67 bits per heavy atom. The lowest BCUT2D eigenvalue weighted by atomic mass is 9.84. The third-order valence-corrected chi connectivity index (χ3v) is 4.64. The van der Waals surface area contributed by atoms with Crippen LogP contribution in [0.2, 0.25) is 0 Å². The molecule has 0 spiro atoms. The summed E-state index contributed by atoms with van der Waals surface area (Å²) in [5, 5.41) is 0. The maximum Gasteiger partial charge on any atom is 0.253 e. The predicted octanol–water partition coefficient (Wildman–Crippen LogP) is 2.56. The first-order valence-corrected chi connectivity index (χ1v) is 7.14. The van der Waals surface area contributed by atoms with E-state index in [4.69, 9.17) is 0 Å². The van der Waals surface area contributed by atoms with Gasteiger partial charge in [0.2, 0.25) is 11.6 Å². The zero-order valence-corrected chi connectivity index (χ0v) is 11.8. The van der Waals surface area contributed by atoms with Crippen LogP contribution < -0.4 is 4.90 Å². The molecule has 0 radical (unpaired) electrons. The number of pyridine rings is 1. The number of nitrogens with zero attached hydrogens (tertiary/aromatic N) is 3. The first-order valence-electron chi connectivity index (χ1n) is 7.14. The summed E-state index contributed by atoms with van der Waals surface area (Å²) in [6.07, 6.45) is 2.71. The summed E-state index contributed by atoms with van der Waals surface area (Å²) in [4.78, 5) is 6.27. The highest BCUT2D eigenvalue weighted by Gasteiger charge is 2.36. The van der Waals surface area contributed by atoms with Gasteiger partial charge in [0, 0.05) is 19.1 Å². The zero-order chi connectivity index (χ0) is 15.1. The van der Waals surface area contributed by atoms with Crippen LogP contribution >= 0.6 is 0 Å². The summed E-state index contributed by atoms with van der Waals surface area (Å²) in [7, 11) is 2.04. The fourth-order valence-electron chi connectivity index (χ4n) is 3.61. The lowest BCUT2D eigenvalue weighted by molar-refractivity contribution is 0.102. The highest BCUT2D eigenvalue weighted by atomic mass is 19.2. The maximum atomic E-state index is 13.8. The van der Waals surface area contributed by atoms with Crippen LogP contribution in [0.1, 0.15) is 19.3 Å². The van der Waals surface area contributed by atoms with Crippen LogP contribution in [0.4, 0.5) is 23.2 Å². The quantitative estimate of drug-likeness (QED) is 0.587. The molecule has 7 heteroatoms. The van der Waals surface area contributed by atoms with Crippen LogP contribution in [0.3, 0.4) is 0 Å². The van der Waals surface area contributed by atoms with Gasteiger partial charge in [0.1, 0.15) is 5.69 Å². The molecule has 21 heavy (non-hydrogen) atoms. The van der Waals surface area contributed by atoms with E-state index in [1.54, 1.807) is 0 Å². The van der Waals surface area contributed by atoms with Gasteiger partial charge in [-0.1, -0.05) is 0 Å². The van der Waals surface area contributed by atoms with Crippen LogP contribution in [-0.2, 0) is 0 Å². The van der Waals surface area contributed by atoms with Crippen molar-refractivity contribution in [1.82, 2.24) is 9.88 Å². The SMILES string of the molecule is CN1CCCC2CN(c3c(F)c(F)nc(F)c3F)CCC21. The molecule has 3 heterocycles. The lowest BCUT2D eigenvalue weighted by Crippen LogP contribution is -2.53. The number of likely N-dealkylation sites (tertiary alicyclic amines) is 1. The van der Waals surface area contributed by atoms with Crippen molar-refractivity contribution in [2.45, 2.75) is 25.3 Å². The summed E-state index contributed by atoms with van der Waals surface area (Å²) < 4.78 is 54.1. The average molecular weight is 303 g/mol. The van der Waals surface area contributed by atoms with Gasteiger partial charge in [-0.2, -0.15) is 22.5 Å². The van der Waals surface area contributed by atoms with E-state index in [0.29, 0.717) is 19.1 Å². The van der Waals surface area contributed by atoms with Crippen molar-refractivity contribution in [3.8, 4) is 0 Å². The summed E-state index contributed by atoms with van der Waals surface area (Å²) >= 11 is 0. The van der Waals surface area contributed by atoms with E-state index >= 15 is 0 Å². The summed E-state index contributed by atoms with van der Waals surface area (Å²) in [6.45, 7) is 1.80. The van der Waals surface area contributed by atoms with Crippen molar-refractivity contribution in [3.05, 3.63) is 23.5 Å². The Labute approximate surface area is 120 Å². The Bertz CT molecular complexity index is 525. The van der Waals surface area contributed by atoms with Gasteiger partial charge in [0.05, 0.1) is 0 Å². The predicted molar refractivity (Wildman–Crippen MR) is 70.0 cm³/mol. The van der Waals surface area contributed by atoms with Gasteiger partial charge in [-0.05, 0) is 38.8 Å². The van der Waals surface area contributed by atoms with Crippen molar-refractivity contribution in [2.75, 3.05) is 31.6 Å². The topological polar surface area (TPSA) is 19.4 Å². The fraction of sp³-hybridized carbons (Fsp3) is 0.643. The van der Waals surface area contributed by atoms with Gasteiger partial charge < -0.3 is 9.80 Å². The Morgan fingerprint density at radius 1 is 1.00 bits per heavy atom. The normalized spacial score (nSPS) is 26.8. The molecule has 2 aliphatic heterocycles. The van der Waals surface area contributed by atoms with Gasteiger partial charge in [-0.3, -0.25) is 0 Å². The monoisotopic (exact) mass is 303 g/mol. The Balaban J connectivity index is 1.89. The molecule has 3 nitrogen and oxygen atoms in total. The van der Waals surface area contributed by atoms with Crippen molar-refractivity contribution in [2.24, 2.45) is 5.92 Å². The van der Waals surface area contributed by atoms with Gasteiger partial charge >= 0.3 is 0 Å². The molecule has 2 aliphatic rings. The number of fused-ring (bicyclic) bond motifs is 1. The van der Waals surface area contributed by atoms with Crippen LogP contribution in [0.5, 0.6) is 0 Å². The Kier molecular flexibility index (Phi) is 3.77. The second kappa shape index (κ2) is 5.44. The number of halogens is 4. The van der Waals surface area contributed by atoms with E-state index in [0.717, 1.165) is 25.8 Å². The maximum absolute atomic E-state index is 13.8. The second-order valence-corrected chi connectivity index (χ2v) is 5.85. The van der Waals surface area contributed by atoms with E-state index in [1.165, 1.54) is 4.90 Å². The zero-order valence-electron chi connectivity index (χ0n) is 11.8. The molecule has 116 valence electrons. The molecular formula is C14H17F4N3. The highest BCUT2D eigenvalue weighted by Crippen LogP contribution is 2.34. The van der Waals surface area contributed by atoms with E-state index in [1.807, 2.05) is 7.05 Å². The molecule has 0 N–H and O–H groups in total. The molecule has 1 aromatic heterocycles. The Hall–Kier alpha value is -1.37. The minimum absolute atomic E-state index is 0.260. The molecule has 0 aliphatic carbocycles. The van der Waals surface area contributed by atoms with Crippen LogP contribution in [0.15, 0.2) is 0 Å². The minimum atomic E-state index is -1.59. The van der Waals surface area contributed by atoms with Crippen molar-refractivity contribution in [1.29, 1.82) is 0 Å². The third-order valence-electron chi connectivity index (χ3n) is 4.64. The van der Waals surface area contributed by atoms with E-state index in [2.05, 4.69) is 9.88 Å². The van der Waals surface area contributed by atoms with Crippen molar-refractivity contribution < 1.29 is 17.6 Å². The second-order valence-electron chi connectivity index (χ2n) is 5.85. The number of rotatable bonds is 1. The molecule has 0 saturated carbocycles. The lowest BCUT2D eigenvalue weighted by Gasteiger charge is -2.46. The molecule has 0 aromatic carbocycles. The largest absolute Gasteiger partial charge is 0.366 e. The first kappa shape index (κ1) is 14.6. The van der Waals surface area contributed by atoms with Crippen LogP contribution in [0.25, 0.3) is 0 Å². The number of aromatic nitrogens is 1. The summed E-state index contributed by atoms with van der Waals surface area (Å²) in [5.74, 6) is -5.73. The average Bonchev–Trinajstić information content (AvgIpc) is 2.46. The van der Waals surface area contributed by atoms with Crippen LogP contribution in [-0.4, -0.2) is 42.6 Å².